The smallest absolute Gasteiger partial charge is 0.247 e. The maximum Gasteiger partial charge on any atom is 0.247 e. The predicted molar refractivity (Wildman–Crippen MR) is 151 cm³/mol. The molecule has 0 bridgehead atoms. The Morgan fingerprint density at radius 2 is 1.92 bits per heavy atom. The summed E-state index contributed by atoms with van der Waals surface area (Å²) in [7, 11) is 7.63. The third-order valence-corrected chi connectivity index (χ3v) is 6.03. The highest BCUT2D eigenvalue weighted by Gasteiger charge is 2.17. The van der Waals surface area contributed by atoms with Crippen molar-refractivity contribution >= 4 is 39.8 Å². The highest BCUT2D eigenvalue weighted by Crippen LogP contribution is 2.38. The summed E-state index contributed by atoms with van der Waals surface area (Å²) >= 11 is 0. The monoisotopic (exact) mass is 499 g/mol. The van der Waals surface area contributed by atoms with Crippen molar-refractivity contribution in [2.75, 3.05) is 56.9 Å². The number of nitrogens with one attached hydrogen (secondary N) is 2. The van der Waals surface area contributed by atoms with E-state index in [1.54, 1.807) is 13.3 Å². The van der Waals surface area contributed by atoms with E-state index in [1.165, 1.54) is 11.6 Å². The van der Waals surface area contributed by atoms with Gasteiger partial charge in [-0.2, -0.15) is 4.98 Å². The predicted octanol–water partition coefficient (Wildman–Crippen LogP) is 4.60. The average Bonchev–Trinajstić information content (AvgIpc) is 3.30. The van der Waals surface area contributed by atoms with E-state index in [-0.39, 0.29) is 5.91 Å². The SMILES string of the molecule is C=CC(=O)Nc1cc(Nc2nccc(-n3ccc4cc(C)ccc43)n2)c(OC)cc1N(C)CCN(C)C. The van der Waals surface area contributed by atoms with Gasteiger partial charge in [0.05, 0.1) is 29.7 Å². The molecule has 4 rings (SSSR count). The number of ether oxygens (including phenoxy) is 1. The molecule has 0 spiro atoms. The Balaban J connectivity index is 1.69. The summed E-state index contributed by atoms with van der Waals surface area (Å²) in [5.74, 6) is 1.43. The minimum atomic E-state index is -0.300. The highest BCUT2D eigenvalue weighted by molar-refractivity contribution is 6.02. The van der Waals surface area contributed by atoms with E-state index >= 15 is 0 Å². The molecule has 4 aromatic rings. The Labute approximate surface area is 217 Å². The molecule has 9 nitrogen and oxygen atoms in total. The lowest BCUT2D eigenvalue weighted by molar-refractivity contribution is -0.111. The van der Waals surface area contributed by atoms with Crippen LogP contribution in [0, 0.1) is 6.92 Å². The Hall–Kier alpha value is -4.37. The number of amides is 1. The summed E-state index contributed by atoms with van der Waals surface area (Å²) in [6.45, 7) is 7.27. The molecule has 0 aliphatic heterocycles. The molecule has 37 heavy (non-hydrogen) atoms. The Kier molecular flexibility index (Phi) is 7.74. The van der Waals surface area contributed by atoms with E-state index in [0.29, 0.717) is 23.1 Å². The number of carbonyl (C=O) groups is 1. The highest BCUT2D eigenvalue weighted by atomic mass is 16.5. The third-order valence-electron chi connectivity index (χ3n) is 6.03. The first-order valence-corrected chi connectivity index (χ1v) is 12.0. The van der Waals surface area contributed by atoms with E-state index < -0.39 is 0 Å². The second kappa shape index (κ2) is 11.1. The fraction of sp³-hybridized carbons (Fsp3) is 0.250. The molecule has 2 aromatic carbocycles. The molecule has 0 aliphatic rings. The van der Waals surface area contributed by atoms with Crippen LogP contribution >= 0.6 is 0 Å². The number of carbonyl (C=O) groups excluding carboxylic acids is 1. The molecule has 0 unspecified atom stereocenters. The lowest BCUT2D eigenvalue weighted by Gasteiger charge is -2.26. The molecular weight excluding hydrogens is 466 g/mol. The van der Waals surface area contributed by atoms with Gasteiger partial charge in [-0.15, -0.1) is 0 Å². The zero-order valence-corrected chi connectivity index (χ0v) is 21.9. The molecule has 0 saturated heterocycles. The zero-order valence-electron chi connectivity index (χ0n) is 21.9. The largest absolute Gasteiger partial charge is 0.494 e. The van der Waals surface area contributed by atoms with Crippen LogP contribution in [0.1, 0.15) is 5.56 Å². The van der Waals surface area contributed by atoms with Crippen LogP contribution in [0.15, 0.2) is 67.5 Å². The number of anilines is 4. The van der Waals surface area contributed by atoms with Crippen molar-refractivity contribution in [3.05, 3.63) is 73.1 Å². The number of hydrogen-bond acceptors (Lipinski definition) is 7. The molecule has 2 aromatic heterocycles. The molecule has 2 N–H and O–H groups in total. The molecule has 9 heteroatoms. The molecule has 192 valence electrons. The van der Waals surface area contributed by atoms with Crippen molar-refractivity contribution in [3.8, 4) is 11.6 Å². The van der Waals surface area contributed by atoms with Gasteiger partial charge in [-0.25, -0.2) is 4.98 Å². The standard InChI is InChI=1S/C28H33N7O2/c1-7-27(36)30-21-17-22(25(37-6)18-24(21)34(5)15-14-33(3)4)31-28-29-12-10-26(32-28)35-13-11-20-16-19(2)8-9-23(20)35/h7-13,16-18H,1,14-15H2,2-6H3,(H,30,36)(H,29,31,32). The summed E-state index contributed by atoms with van der Waals surface area (Å²) in [5.41, 5.74) is 4.34. The van der Waals surface area contributed by atoms with Gasteiger partial charge in [-0.05, 0) is 57.4 Å². The van der Waals surface area contributed by atoms with Crippen LogP contribution < -0.4 is 20.3 Å². The number of methoxy groups -OCH3 is 1. The number of fused-ring (bicyclic) bond motifs is 1. The van der Waals surface area contributed by atoms with Crippen LogP contribution in [0.4, 0.5) is 23.0 Å². The minimum Gasteiger partial charge on any atom is -0.494 e. The van der Waals surface area contributed by atoms with Gasteiger partial charge in [-0.1, -0.05) is 18.2 Å². The number of benzene rings is 2. The van der Waals surface area contributed by atoms with Gasteiger partial charge < -0.3 is 29.7 Å². The van der Waals surface area contributed by atoms with Gasteiger partial charge in [-0.3, -0.25) is 4.79 Å². The minimum absolute atomic E-state index is 0.300. The van der Waals surface area contributed by atoms with Gasteiger partial charge in [0, 0.05) is 44.0 Å². The number of aryl methyl sites for hydroxylation is 1. The van der Waals surface area contributed by atoms with E-state index in [4.69, 9.17) is 9.72 Å². The van der Waals surface area contributed by atoms with Gasteiger partial charge in [0.15, 0.2) is 0 Å². The molecule has 0 aliphatic carbocycles. The van der Waals surface area contributed by atoms with Crippen molar-refractivity contribution in [1.29, 1.82) is 0 Å². The van der Waals surface area contributed by atoms with Crippen molar-refractivity contribution in [1.82, 2.24) is 19.4 Å². The van der Waals surface area contributed by atoms with Crippen molar-refractivity contribution in [2.45, 2.75) is 6.92 Å². The Morgan fingerprint density at radius 1 is 1.11 bits per heavy atom. The second-order valence-corrected chi connectivity index (χ2v) is 9.10. The fourth-order valence-electron chi connectivity index (χ4n) is 4.03. The molecular formula is C28H33N7O2. The molecule has 0 fully saturated rings. The van der Waals surface area contributed by atoms with Crippen molar-refractivity contribution in [3.63, 3.8) is 0 Å². The lowest BCUT2D eigenvalue weighted by Crippen LogP contribution is -2.29. The van der Waals surface area contributed by atoms with Crippen molar-refractivity contribution < 1.29 is 9.53 Å². The first-order valence-electron chi connectivity index (χ1n) is 12.0. The maximum atomic E-state index is 12.2. The van der Waals surface area contributed by atoms with Crippen LogP contribution in [0.3, 0.4) is 0 Å². The Bertz CT molecular complexity index is 1430. The first-order chi connectivity index (χ1) is 17.8. The van der Waals surface area contributed by atoms with Crippen molar-refractivity contribution in [2.24, 2.45) is 0 Å². The molecule has 0 radical (unpaired) electrons. The average molecular weight is 500 g/mol. The number of likely N-dealkylation sites (N-methyl/N-ethyl adjacent to an activating group) is 2. The Morgan fingerprint density at radius 3 is 2.65 bits per heavy atom. The summed E-state index contributed by atoms with van der Waals surface area (Å²) in [5, 5.41) is 7.32. The van der Waals surface area contributed by atoms with E-state index in [2.05, 4.69) is 63.2 Å². The fourth-order valence-corrected chi connectivity index (χ4v) is 4.03. The van der Waals surface area contributed by atoms with E-state index in [9.17, 15) is 4.79 Å². The number of nitrogens with zero attached hydrogens (tertiary/aromatic N) is 5. The van der Waals surface area contributed by atoms with Crippen LogP contribution in [0.25, 0.3) is 16.7 Å². The summed E-state index contributed by atoms with van der Waals surface area (Å²) in [6, 6.07) is 14.0. The van der Waals surface area contributed by atoms with Gasteiger partial charge >= 0.3 is 0 Å². The normalized spacial score (nSPS) is 11.0. The number of rotatable bonds is 10. The van der Waals surface area contributed by atoms with Gasteiger partial charge in [0.2, 0.25) is 11.9 Å². The summed E-state index contributed by atoms with van der Waals surface area (Å²) in [4.78, 5) is 25.5. The van der Waals surface area contributed by atoms with E-state index in [0.717, 1.165) is 35.5 Å². The lowest BCUT2D eigenvalue weighted by atomic mass is 10.2. The van der Waals surface area contributed by atoms with Crippen LogP contribution in [-0.2, 0) is 4.79 Å². The second-order valence-electron chi connectivity index (χ2n) is 9.10. The topological polar surface area (TPSA) is 87.5 Å². The van der Waals surface area contributed by atoms with Gasteiger partial charge in [0.25, 0.3) is 0 Å². The summed E-state index contributed by atoms with van der Waals surface area (Å²) in [6.07, 6.45) is 4.95. The number of hydrogen-bond donors (Lipinski definition) is 2. The first kappa shape index (κ1) is 25.7. The van der Waals surface area contributed by atoms with Gasteiger partial charge in [0.1, 0.15) is 11.6 Å². The molecule has 1 amide bonds. The quantitative estimate of drug-likeness (QED) is 0.308. The maximum absolute atomic E-state index is 12.2. The van der Waals surface area contributed by atoms with Crippen LogP contribution in [0.2, 0.25) is 0 Å². The number of aromatic nitrogens is 3. The van der Waals surface area contributed by atoms with Crippen LogP contribution in [0.5, 0.6) is 5.75 Å². The zero-order chi connectivity index (χ0) is 26.5. The van der Waals surface area contributed by atoms with E-state index in [1.807, 2.05) is 50.1 Å². The molecule has 2 heterocycles. The molecule has 0 atom stereocenters. The summed E-state index contributed by atoms with van der Waals surface area (Å²) < 4.78 is 7.72. The third kappa shape index (κ3) is 5.90. The van der Waals surface area contributed by atoms with Crippen LogP contribution in [-0.4, -0.2) is 66.7 Å². The molecule has 0 saturated carbocycles.